The Labute approximate surface area is 157 Å². The molecule has 6 nitrogen and oxygen atoms in total. The summed E-state index contributed by atoms with van der Waals surface area (Å²) in [6.07, 6.45) is 7.64. The second-order valence-corrected chi connectivity index (χ2v) is 6.82. The fourth-order valence-corrected chi connectivity index (χ4v) is 4.03. The maximum Gasteiger partial charge on any atom is 0.270 e. The molecule has 138 valence electrons. The summed E-state index contributed by atoms with van der Waals surface area (Å²) in [6.45, 7) is 1.42. The molecular weight excluding hydrogens is 344 g/mol. The number of fused-ring (bicyclic) bond motifs is 2. The highest BCUT2D eigenvalue weighted by Gasteiger charge is 2.29. The van der Waals surface area contributed by atoms with Crippen LogP contribution < -0.4 is 4.74 Å². The van der Waals surface area contributed by atoms with Gasteiger partial charge in [0.1, 0.15) is 5.75 Å². The lowest BCUT2D eigenvalue weighted by atomic mass is 10.0. The normalized spacial score (nSPS) is 17.7. The fraction of sp³-hybridized carbons (Fsp3) is 0.333. The van der Waals surface area contributed by atoms with Crippen LogP contribution in [-0.4, -0.2) is 23.2 Å². The SMILES string of the molecule is C#CCN(Cc1cc([N+](=O)[O-])cc2c1OCOC2)C1CCc2ccccc21. The van der Waals surface area contributed by atoms with Crippen LogP contribution in [0.15, 0.2) is 36.4 Å². The van der Waals surface area contributed by atoms with Crippen molar-refractivity contribution in [3.05, 3.63) is 68.8 Å². The average molecular weight is 364 g/mol. The van der Waals surface area contributed by atoms with Crippen LogP contribution in [0.25, 0.3) is 0 Å². The quantitative estimate of drug-likeness (QED) is 0.461. The summed E-state index contributed by atoms with van der Waals surface area (Å²) in [5, 5.41) is 11.3. The summed E-state index contributed by atoms with van der Waals surface area (Å²) in [5.41, 5.74) is 4.16. The van der Waals surface area contributed by atoms with Crippen LogP contribution >= 0.6 is 0 Å². The first-order chi connectivity index (χ1) is 13.2. The number of hydrogen-bond donors (Lipinski definition) is 0. The van der Waals surface area contributed by atoms with Gasteiger partial charge in [-0.2, -0.15) is 0 Å². The third-order valence-electron chi connectivity index (χ3n) is 5.19. The van der Waals surface area contributed by atoms with E-state index in [1.54, 1.807) is 6.07 Å². The zero-order valence-corrected chi connectivity index (χ0v) is 14.9. The number of non-ortho nitro benzene ring substituents is 1. The summed E-state index contributed by atoms with van der Waals surface area (Å²) in [4.78, 5) is 13.2. The van der Waals surface area contributed by atoms with E-state index in [-0.39, 0.29) is 23.4 Å². The van der Waals surface area contributed by atoms with Gasteiger partial charge in [-0.05, 0) is 24.0 Å². The van der Waals surface area contributed by atoms with Crippen molar-refractivity contribution in [1.29, 1.82) is 0 Å². The highest BCUT2D eigenvalue weighted by Crippen LogP contribution is 2.39. The molecule has 2 aliphatic rings. The van der Waals surface area contributed by atoms with Crippen molar-refractivity contribution in [2.45, 2.75) is 32.0 Å². The van der Waals surface area contributed by atoms with Gasteiger partial charge >= 0.3 is 0 Å². The third kappa shape index (κ3) is 3.39. The van der Waals surface area contributed by atoms with E-state index >= 15 is 0 Å². The van der Waals surface area contributed by atoms with Crippen LogP contribution in [0.2, 0.25) is 0 Å². The second kappa shape index (κ2) is 7.39. The monoisotopic (exact) mass is 364 g/mol. The Morgan fingerprint density at radius 2 is 2.15 bits per heavy atom. The molecular formula is C21H20N2O4. The van der Waals surface area contributed by atoms with Gasteiger partial charge in [0.2, 0.25) is 0 Å². The molecule has 0 spiro atoms. The maximum atomic E-state index is 11.3. The molecule has 0 saturated carbocycles. The van der Waals surface area contributed by atoms with Gasteiger partial charge in [-0.25, -0.2) is 0 Å². The van der Waals surface area contributed by atoms with Crippen LogP contribution in [-0.2, 0) is 24.3 Å². The van der Waals surface area contributed by atoms with E-state index in [0.29, 0.717) is 31.0 Å². The number of hydrogen-bond acceptors (Lipinski definition) is 5. The van der Waals surface area contributed by atoms with Crippen molar-refractivity contribution in [3.63, 3.8) is 0 Å². The minimum atomic E-state index is -0.380. The molecule has 1 unspecified atom stereocenters. The zero-order valence-electron chi connectivity index (χ0n) is 14.9. The highest BCUT2D eigenvalue weighted by molar-refractivity contribution is 5.50. The molecule has 0 bridgehead atoms. The topological polar surface area (TPSA) is 64.8 Å². The van der Waals surface area contributed by atoms with Crippen molar-refractivity contribution in [2.75, 3.05) is 13.3 Å². The number of benzene rings is 2. The number of aryl methyl sites for hydroxylation is 1. The van der Waals surface area contributed by atoms with Crippen molar-refractivity contribution in [3.8, 4) is 18.1 Å². The molecule has 0 fully saturated rings. The number of nitro groups is 1. The predicted molar refractivity (Wildman–Crippen MR) is 100 cm³/mol. The maximum absolute atomic E-state index is 11.3. The highest BCUT2D eigenvalue weighted by atomic mass is 16.7. The smallest absolute Gasteiger partial charge is 0.270 e. The summed E-state index contributed by atoms with van der Waals surface area (Å²) in [5.74, 6) is 3.42. The summed E-state index contributed by atoms with van der Waals surface area (Å²) in [7, 11) is 0. The van der Waals surface area contributed by atoms with E-state index in [9.17, 15) is 10.1 Å². The Balaban J connectivity index is 1.70. The molecule has 0 aromatic heterocycles. The van der Waals surface area contributed by atoms with Gasteiger partial charge in [-0.15, -0.1) is 6.42 Å². The molecule has 0 amide bonds. The van der Waals surface area contributed by atoms with E-state index in [2.05, 4.69) is 29.0 Å². The second-order valence-electron chi connectivity index (χ2n) is 6.82. The van der Waals surface area contributed by atoms with Gasteiger partial charge in [0.25, 0.3) is 5.69 Å². The summed E-state index contributed by atoms with van der Waals surface area (Å²) < 4.78 is 11.0. The van der Waals surface area contributed by atoms with Crippen LogP contribution in [0.1, 0.15) is 34.7 Å². The van der Waals surface area contributed by atoms with Crippen LogP contribution in [0.5, 0.6) is 5.75 Å². The molecule has 4 rings (SSSR count). The Hall–Kier alpha value is -2.88. The molecule has 1 aliphatic carbocycles. The largest absolute Gasteiger partial charge is 0.467 e. The molecule has 1 heterocycles. The van der Waals surface area contributed by atoms with Gasteiger partial charge in [-0.1, -0.05) is 30.2 Å². The number of ether oxygens (including phenoxy) is 2. The first-order valence-electron chi connectivity index (χ1n) is 8.93. The van der Waals surface area contributed by atoms with Gasteiger partial charge < -0.3 is 9.47 Å². The van der Waals surface area contributed by atoms with Crippen molar-refractivity contribution in [2.24, 2.45) is 0 Å². The molecule has 1 atom stereocenters. The minimum absolute atomic E-state index is 0.0466. The summed E-state index contributed by atoms with van der Waals surface area (Å²) in [6, 6.07) is 11.7. The molecule has 0 saturated heterocycles. The number of rotatable bonds is 5. The Morgan fingerprint density at radius 1 is 1.30 bits per heavy atom. The first kappa shape index (κ1) is 17.5. The van der Waals surface area contributed by atoms with E-state index < -0.39 is 0 Å². The molecule has 27 heavy (non-hydrogen) atoms. The van der Waals surface area contributed by atoms with Crippen LogP contribution in [0, 0.1) is 22.5 Å². The molecule has 0 N–H and O–H groups in total. The van der Waals surface area contributed by atoms with E-state index in [1.165, 1.54) is 17.2 Å². The Morgan fingerprint density at radius 3 is 2.96 bits per heavy atom. The van der Waals surface area contributed by atoms with Gasteiger partial charge in [0, 0.05) is 35.8 Å². The average Bonchev–Trinajstić information content (AvgIpc) is 3.11. The lowest BCUT2D eigenvalue weighted by Crippen LogP contribution is -2.28. The fourth-order valence-electron chi connectivity index (χ4n) is 4.03. The molecule has 6 heteroatoms. The van der Waals surface area contributed by atoms with E-state index in [0.717, 1.165) is 18.4 Å². The van der Waals surface area contributed by atoms with Gasteiger partial charge in [0.15, 0.2) is 6.79 Å². The van der Waals surface area contributed by atoms with Crippen molar-refractivity contribution in [1.82, 2.24) is 4.90 Å². The molecule has 2 aromatic rings. The molecule has 1 aliphatic heterocycles. The van der Waals surface area contributed by atoms with Crippen molar-refractivity contribution >= 4 is 5.69 Å². The minimum Gasteiger partial charge on any atom is -0.467 e. The Kier molecular flexibility index (Phi) is 4.80. The lowest BCUT2D eigenvalue weighted by Gasteiger charge is -2.29. The molecule has 2 aromatic carbocycles. The predicted octanol–water partition coefficient (Wildman–Crippen LogP) is 3.58. The standard InChI is InChI=1S/C21H20N2O4/c1-2-9-22(20-8-7-15-5-3-4-6-19(15)20)12-16-10-18(23(24)25)11-17-13-26-14-27-21(16)17/h1,3-6,10-11,20H,7-9,12-14H2. The number of terminal acetylenes is 1. The Bertz CT molecular complexity index is 919. The van der Waals surface area contributed by atoms with Gasteiger partial charge in [0.05, 0.1) is 18.1 Å². The van der Waals surface area contributed by atoms with E-state index in [1.807, 2.05) is 6.07 Å². The molecule has 0 radical (unpaired) electrons. The lowest BCUT2D eigenvalue weighted by molar-refractivity contribution is -0.385. The van der Waals surface area contributed by atoms with Crippen LogP contribution in [0.4, 0.5) is 5.69 Å². The summed E-state index contributed by atoms with van der Waals surface area (Å²) >= 11 is 0. The zero-order chi connectivity index (χ0) is 18.8. The third-order valence-corrected chi connectivity index (χ3v) is 5.19. The van der Waals surface area contributed by atoms with Gasteiger partial charge in [-0.3, -0.25) is 15.0 Å². The van der Waals surface area contributed by atoms with Crippen molar-refractivity contribution < 1.29 is 14.4 Å². The number of nitrogens with zero attached hydrogens (tertiary/aromatic N) is 2. The van der Waals surface area contributed by atoms with E-state index in [4.69, 9.17) is 15.9 Å². The number of nitro benzene ring substituents is 1. The first-order valence-corrected chi connectivity index (χ1v) is 8.93. The van der Waals surface area contributed by atoms with Crippen LogP contribution in [0.3, 0.4) is 0 Å².